The fourth-order valence-corrected chi connectivity index (χ4v) is 3.18. The Labute approximate surface area is 113 Å². The van der Waals surface area contributed by atoms with Gasteiger partial charge in [0.25, 0.3) is 0 Å². The van der Waals surface area contributed by atoms with Crippen LogP contribution in [0.15, 0.2) is 30.3 Å². The van der Waals surface area contributed by atoms with Crippen molar-refractivity contribution < 1.29 is 0 Å². The van der Waals surface area contributed by atoms with Crippen molar-refractivity contribution in [3.63, 3.8) is 0 Å². The van der Waals surface area contributed by atoms with Crippen molar-refractivity contribution in [3.05, 3.63) is 47.5 Å². The van der Waals surface area contributed by atoms with Crippen LogP contribution >= 0.6 is 0 Å². The first-order valence-corrected chi connectivity index (χ1v) is 6.87. The number of nitrogens with zero attached hydrogens (tertiary/aromatic N) is 3. The van der Waals surface area contributed by atoms with E-state index in [4.69, 9.17) is 4.98 Å². The summed E-state index contributed by atoms with van der Waals surface area (Å²) in [5, 5.41) is 7.89. The highest BCUT2D eigenvalue weighted by Gasteiger charge is 2.39. The third-order valence-electron chi connectivity index (χ3n) is 4.08. The molecule has 1 aromatic carbocycles. The minimum atomic E-state index is 0.00250. The highest BCUT2D eigenvalue weighted by Crippen LogP contribution is 2.38. The van der Waals surface area contributed by atoms with Crippen LogP contribution in [0.4, 0.5) is 0 Å². The van der Waals surface area contributed by atoms with Crippen molar-refractivity contribution in [2.24, 2.45) is 7.05 Å². The van der Waals surface area contributed by atoms with Gasteiger partial charge in [0.1, 0.15) is 11.6 Å². The van der Waals surface area contributed by atoms with Gasteiger partial charge in [-0.2, -0.15) is 5.10 Å². The molecule has 1 saturated heterocycles. The third-order valence-corrected chi connectivity index (χ3v) is 4.08. The van der Waals surface area contributed by atoms with E-state index >= 15 is 0 Å². The minimum absolute atomic E-state index is 0.00250. The molecule has 2 heterocycles. The molecule has 1 aromatic heterocycles. The Morgan fingerprint density at radius 1 is 1.16 bits per heavy atom. The lowest BCUT2D eigenvalue weighted by atomic mass is 9.72. The predicted octanol–water partition coefficient (Wildman–Crippen LogP) is 1.79. The van der Waals surface area contributed by atoms with E-state index in [0.29, 0.717) is 0 Å². The summed E-state index contributed by atoms with van der Waals surface area (Å²) in [5.74, 6) is 1.95. The van der Waals surface area contributed by atoms with Gasteiger partial charge >= 0.3 is 0 Å². The van der Waals surface area contributed by atoms with Crippen LogP contribution in [0.2, 0.25) is 0 Å². The summed E-state index contributed by atoms with van der Waals surface area (Å²) in [4.78, 5) is 4.71. The first kappa shape index (κ1) is 12.4. The SMILES string of the molecule is Cc1nc(C2(c3ccccc3)CCNCC2)n(C)n1. The summed E-state index contributed by atoms with van der Waals surface area (Å²) in [5.41, 5.74) is 1.36. The highest BCUT2D eigenvalue weighted by molar-refractivity contribution is 5.34. The number of aryl methyl sites for hydroxylation is 2. The third kappa shape index (κ3) is 2.06. The van der Waals surface area contributed by atoms with E-state index in [1.165, 1.54) is 5.56 Å². The molecule has 0 radical (unpaired) electrons. The number of aromatic nitrogens is 3. The number of rotatable bonds is 2. The molecule has 1 N–H and O–H groups in total. The van der Waals surface area contributed by atoms with Crippen molar-refractivity contribution in [2.45, 2.75) is 25.2 Å². The van der Waals surface area contributed by atoms with E-state index in [2.05, 4.69) is 40.7 Å². The second-order valence-electron chi connectivity index (χ2n) is 5.30. The zero-order chi connectivity index (χ0) is 13.3. The first-order valence-electron chi connectivity index (χ1n) is 6.87. The second kappa shape index (κ2) is 4.78. The van der Waals surface area contributed by atoms with Crippen molar-refractivity contribution in [3.8, 4) is 0 Å². The van der Waals surface area contributed by atoms with Crippen LogP contribution in [-0.2, 0) is 12.5 Å². The molecule has 19 heavy (non-hydrogen) atoms. The predicted molar refractivity (Wildman–Crippen MR) is 75.1 cm³/mol. The average molecular weight is 256 g/mol. The Morgan fingerprint density at radius 3 is 2.42 bits per heavy atom. The molecule has 0 amide bonds. The Morgan fingerprint density at radius 2 is 1.84 bits per heavy atom. The van der Waals surface area contributed by atoms with Gasteiger partial charge in [0, 0.05) is 7.05 Å². The lowest BCUT2D eigenvalue weighted by Gasteiger charge is -2.37. The van der Waals surface area contributed by atoms with Gasteiger partial charge in [-0.05, 0) is 38.4 Å². The maximum Gasteiger partial charge on any atom is 0.147 e. The molecule has 0 bridgehead atoms. The number of hydrogen-bond acceptors (Lipinski definition) is 3. The van der Waals surface area contributed by atoms with Crippen LogP contribution in [0.25, 0.3) is 0 Å². The lowest BCUT2D eigenvalue weighted by Crippen LogP contribution is -2.42. The van der Waals surface area contributed by atoms with Gasteiger partial charge in [-0.3, -0.25) is 4.68 Å². The van der Waals surface area contributed by atoms with Crippen molar-refractivity contribution in [1.29, 1.82) is 0 Å². The monoisotopic (exact) mass is 256 g/mol. The van der Waals surface area contributed by atoms with Crippen LogP contribution in [0, 0.1) is 6.92 Å². The van der Waals surface area contributed by atoms with Gasteiger partial charge in [0.15, 0.2) is 0 Å². The Kier molecular flexibility index (Phi) is 3.11. The summed E-state index contributed by atoms with van der Waals surface area (Å²) in [6.07, 6.45) is 2.14. The van der Waals surface area contributed by atoms with Crippen LogP contribution in [-0.4, -0.2) is 27.9 Å². The molecule has 1 aliphatic heterocycles. The quantitative estimate of drug-likeness (QED) is 0.891. The largest absolute Gasteiger partial charge is 0.317 e. The summed E-state index contributed by atoms with van der Waals surface area (Å²) in [7, 11) is 2.00. The van der Waals surface area contributed by atoms with Crippen molar-refractivity contribution in [2.75, 3.05) is 13.1 Å². The fraction of sp³-hybridized carbons (Fsp3) is 0.467. The lowest BCUT2D eigenvalue weighted by molar-refractivity contribution is 0.335. The number of benzene rings is 1. The second-order valence-corrected chi connectivity index (χ2v) is 5.30. The zero-order valence-corrected chi connectivity index (χ0v) is 11.6. The smallest absolute Gasteiger partial charge is 0.147 e. The molecule has 1 fully saturated rings. The summed E-state index contributed by atoms with van der Waals surface area (Å²) >= 11 is 0. The van der Waals surface area contributed by atoms with E-state index in [0.717, 1.165) is 37.6 Å². The average Bonchev–Trinajstić information content (AvgIpc) is 2.80. The topological polar surface area (TPSA) is 42.7 Å². The van der Waals surface area contributed by atoms with Gasteiger partial charge in [-0.25, -0.2) is 4.98 Å². The molecule has 4 nitrogen and oxygen atoms in total. The van der Waals surface area contributed by atoms with Crippen LogP contribution in [0.5, 0.6) is 0 Å². The summed E-state index contributed by atoms with van der Waals surface area (Å²) in [6.45, 7) is 4.02. The van der Waals surface area contributed by atoms with Crippen LogP contribution in [0.1, 0.15) is 30.1 Å². The maximum atomic E-state index is 4.71. The Bertz CT molecular complexity index is 553. The van der Waals surface area contributed by atoms with Gasteiger partial charge in [-0.1, -0.05) is 30.3 Å². The van der Waals surface area contributed by atoms with Crippen molar-refractivity contribution in [1.82, 2.24) is 20.1 Å². The number of nitrogens with one attached hydrogen (secondary N) is 1. The molecule has 100 valence electrons. The molecule has 0 spiro atoms. The molecule has 1 aliphatic rings. The van der Waals surface area contributed by atoms with E-state index in [1.807, 2.05) is 18.7 Å². The van der Waals surface area contributed by atoms with Gasteiger partial charge in [-0.15, -0.1) is 0 Å². The van der Waals surface area contributed by atoms with E-state index in [1.54, 1.807) is 0 Å². The number of hydrogen-bond donors (Lipinski definition) is 1. The van der Waals surface area contributed by atoms with Crippen LogP contribution in [0.3, 0.4) is 0 Å². The summed E-state index contributed by atoms with van der Waals surface area (Å²) in [6, 6.07) is 10.7. The fourth-order valence-electron chi connectivity index (χ4n) is 3.18. The van der Waals surface area contributed by atoms with Gasteiger partial charge in [0.2, 0.25) is 0 Å². The maximum absolute atomic E-state index is 4.71. The number of piperidine rings is 1. The van der Waals surface area contributed by atoms with Gasteiger partial charge < -0.3 is 5.32 Å². The minimum Gasteiger partial charge on any atom is -0.317 e. The highest BCUT2D eigenvalue weighted by atomic mass is 15.3. The van der Waals surface area contributed by atoms with Crippen molar-refractivity contribution >= 4 is 0 Å². The van der Waals surface area contributed by atoms with E-state index in [-0.39, 0.29) is 5.41 Å². The molecule has 3 rings (SSSR count). The molecular formula is C15H20N4. The zero-order valence-electron chi connectivity index (χ0n) is 11.6. The molecular weight excluding hydrogens is 236 g/mol. The Balaban J connectivity index is 2.14. The molecule has 0 atom stereocenters. The molecule has 4 heteroatoms. The Hall–Kier alpha value is -1.68. The normalized spacial score (nSPS) is 18.4. The van der Waals surface area contributed by atoms with Gasteiger partial charge in [0.05, 0.1) is 5.41 Å². The van der Waals surface area contributed by atoms with E-state index < -0.39 is 0 Å². The molecule has 0 saturated carbocycles. The molecule has 2 aromatic rings. The standard InChI is InChI=1S/C15H20N4/c1-12-17-14(19(2)18-12)15(8-10-16-11-9-15)13-6-4-3-5-7-13/h3-7,16H,8-11H2,1-2H3. The molecule has 0 unspecified atom stereocenters. The summed E-state index contributed by atoms with van der Waals surface area (Å²) < 4.78 is 1.95. The van der Waals surface area contributed by atoms with E-state index in [9.17, 15) is 0 Å². The first-order chi connectivity index (χ1) is 9.22. The van der Waals surface area contributed by atoms with Crippen LogP contribution < -0.4 is 5.32 Å². The molecule has 0 aliphatic carbocycles.